The van der Waals surface area contributed by atoms with Crippen LogP contribution >= 0.6 is 11.3 Å². The zero-order valence-corrected chi connectivity index (χ0v) is 10.8. The molecule has 1 aliphatic heterocycles. The average molecular weight is 252 g/mol. The molecule has 3 heterocycles. The van der Waals surface area contributed by atoms with Crippen molar-refractivity contribution in [2.75, 3.05) is 18.0 Å². The zero-order valence-electron chi connectivity index (χ0n) is 10.00. The van der Waals surface area contributed by atoms with Gasteiger partial charge in [-0.05, 0) is 19.3 Å². The Kier molecular flexibility index (Phi) is 2.56. The highest BCUT2D eigenvalue weighted by Crippen LogP contribution is 2.27. The molecule has 2 aromatic rings. The summed E-state index contributed by atoms with van der Waals surface area (Å²) in [6, 6.07) is 0. The normalized spacial score (nSPS) is 25.7. The summed E-state index contributed by atoms with van der Waals surface area (Å²) in [6.07, 6.45) is 2.60. The van der Waals surface area contributed by atoms with E-state index in [1.165, 1.54) is 0 Å². The lowest BCUT2D eigenvalue weighted by atomic mass is 9.96. The first kappa shape index (κ1) is 11.0. The van der Waals surface area contributed by atoms with E-state index in [1.54, 1.807) is 11.3 Å². The van der Waals surface area contributed by atoms with E-state index in [9.17, 15) is 5.11 Å². The van der Waals surface area contributed by atoms with Gasteiger partial charge >= 0.3 is 0 Å². The molecule has 0 amide bonds. The first-order valence-electron chi connectivity index (χ1n) is 5.89. The van der Waals surface area contributed by atoms with Gasteiger partial charge in [0.2, 0.25) is 10.1 Å². The Morgan fingerprint density at radius 1 is 1.53 bits per heavy atom. The van der Waals surface area contributed by atoms with Crippen molar-refractivity contribution in [2.45, 2.75) is 26.4 Å². The summed E-state index contributed by atoms with van der Waals surface area (Å²) in [7, 11) is 0. The monoisotopic (exact) mass is 252 g/mol. The Hall–Kier alpha value is -1.14. The quantitative estimate of drug-likeness (QED) is 0.831. The average Bonchev–Trinajstić information content (AvgIpc) is 2.86. The van der Waals surface area contributed by atoms with Gasteiger partial charge in [-0.15, -0.1) is 5.10 Å². The van der Waals surface area contributed by atoms with Crippen molar-refractivity contribution in [3.05, 3.63) is 11.9 Å². The van der Waals surface area contributed by atoms with Crippen molar-refractivity contribution in [2.24, 2.45) is 5.92 Å². The fourth-order valence-electron chi connectivity index (χ4n) is 2.14. The van der Waals surface area contributed by atoms with Gasteiger partial charge in [0.05, 0.1) is 18.0 Å². The van der Waals surface area contributed by atoms with E-state index in [2.05, 4.69) is 21.9 Å². The molecule has 6 heteroatoms. The predicted octanol–water partition coefficient (Wildman–Crippen LogP) is 1.31. The molecule has 17 heavy (non-hydrogen) atoms. The maximum atomic E-state index is 9.90. The van der Waals surface area contributed by atoms with Crippen LogP contribution in [-0.4, -0.2) is 38.9 Å². The minimum atomic E-state index is -0.249. The molecule has 1 N–H and O–H groups in total. The fraction of sp³-hybridized carbons (Fsp3) is 0.636. The molecular weight excluding hydrogens is 236 g/mol. The number of hydrogen-bond donors (Lipinski definition) is 1. The molecule has 92 valence electrons. The maximum Gasteiger partial charge on any atom is 0.214 e. The highest BCUT2D eigenvalue weighted by molar-refractivity contribution is 7.20. The summed E-state index contributed by atoms with van der Waals surface area (Å²) in [4.78, 5) is 7.38. The second kappa shape index (κ2) is 3.96. The van der Waals surface area contributed by atoms with Crippen LogP contribution in [0.3, 0.4) is 0 Å². The van der Waals surface area contributed by atoms with Gasteiger partial charge in [-0.25, -0.2) is 9.50 Å². The summed E-state index contributed by atoms with van der Waals surface area (Å²) in [5.74, 6) is 0.386. The van der Waals surface area contributed by atoms with Crippen molar-refractivity contribution in [3.63, 3.8) is 0 Å². The molecule has 0 aromatic carbocycles. The summed E-state index contributed by atoms with van der Waals surface area (Å²) in [5.41, 5.74) is 1.05. The molecule has 0 saturated carbocycles. The third kappa shape index (κ3) is 1.81. The fourth-order valence-corrected chi connectivity index (χ4v) is 3.10. The Labute approximate surface area is 104 Å². The van der Waals surface area contributed by atoms with Crippen LogP contribution < -0.4 is 4.90 Å². The van der Waals surface area contributed by atoms with Crippen LogP contribution in [0.25, 0.3) is 4.96 Å². The van der Waals surface area contributed by atoms with Crippen molar-refractivity contribution in [1.29, 1.82) is 0 Å². The van der Waals surface area contributed by atoms with Gasteiger partial charge in [-0.2, -0.15) is 0 Å². The summed E-state index contributed by atoms with van der Waals surface area (Å²) >= 11 is 1.58. The van der Waals surface area contributed by atoms with Crippen molar-refractivity contribution < 1.29 is 5.11 Å². The highest BCUT2D eigenvalue weighted by atomic mass is 32.1. The number of rotatable bonds is 1. The van der Waals surface area contributed by atoms with Crippen molar-refractivity contribution in [1.82, 2.24) is 14.6 Å². The molecular formula is C11H16N4OS. The van der Waals surface area contributed by atoms with E-state index >= 15 is 0 Å². The molecule has 3 rings (SSSR count). The molecule has 0 spiro atoms. The molecule has 2 aromatic heterocycles. The number of aliphatic hydroxyl groups is 1. The van der Waals surface area contributed by atoms with Crippen molar-refractivity contribution >= 4 is 21.4 Å². The summed E-state index contributed by atoms with van der Waals surface area (Å²) in [5, 5.41) is 15.4. The second-order valence-corrected chi connectivity index (χ2v) is 5.69. The van der Waals surface area contributed by atoms with Crippen LogP contribution in [0.2, 0.25) is 0 Å². The van der Waals surface area contributed by atoms with E-state index in [-0.39, 0.29) is 6.10 Å². The van der Waals surface area contributed by atoms with Gasteiger partial charge in [0.1, 0.15) is 0 Å². The number of aliphatic hydroxyl groups excluding tert-OH is 1. The SMILES string of the molecule is Cc1cnc2sc(N3CCC(C)C(O)C3)nn12. The lowest BCUT2D eigenvalue weighted by Gasteiger charge is -2.33. The third-order valence-electron chi connectivity index (χ3n) is 3.43. The number of piperidine rings is 1. The summed E-state index contributed by atoms with van der Waals surface area (Å²) < 4.78 is 1.87. The van der Waals surface area contributed by atoms with Crippen LogP contribution in [0.15, 0.2) is 6.20 Å². The molecule has 1 saturated heterocycles. The van der Waals surface area contributed by atoms with Gasteiger partial charge in [0.25, 0.3) is 0 Å². The van der Waals surface area contributed by atoms with Crippen LogP contribution in [0.1, 0.15) is 19.0 Å². The Morgan fingerprint density at radius 3 is 3.06 bits per heavy atom. The molecule has 0 aliphatic carbocycles. The molecule has 2 unspecified atom stereocenters. The number of fused-ring (bicyclic) bond motifs is 1. The lowest BCUT2D eigenvalue weighted by molar-refractivity contribution is 0.103. The molecule has 1 fully saturated rings. The number of β-amino-alcohol motifs (C(OH)–C–C–N with tert-alkyl or cyclic N) is 1. The van der Waals surface area contributed by atoms with Crippen LogP contribution in [0, 0.1) is 12.8 Å². The first-order chi connectivity index (χ1) is 8.15. The van der Waals surface area contributed by atoms with Crippen LogP contribution in [-0.2, 0) is 0 Å². The van der Waals surface area contributed by atoms with Gasteiger partial charge in [-0.3, -0.25) is 0 Å². The highest BCUT2D eigenvalue weighted by Gasteiger charge is 2.26. The standard InChI is InChI=1S/C11H16N4OS/c1-7-3-4-14(6-9(7)16)11-13-15-8(2)5-12-10(15)17-11/h5,7,9,16H,3-4,6H2,1-2H3. The smallest absolute Gasteiger partial charge is 0.214 e. The minimum Gasteiger partial charge on any atom is -0.391 e. The Bertz CT molecular complexity index is 535. The van der Waals surface area contributed by atoms with E-state index in [0.29, 0.717) is 12.5 Å². The summed E-state index contributed by atoms with van der Waals surface area (Å²) in [6.45, 7) is 5.74. The largest absolute Gasteiger partial charge is 0.391 e. The molecule has 2 atom stereocenters. The zero-order chi connectivity index (χ0) is 12.0. The maximum absolute atomic E-state index is 9.90. The number of hydrogen-bond acceptors (Lipinski definition) is 5. The Morgan fingerprint density at radius 2 is 2.35 bits per heavy atom. The van der Waals surface area contributed by atoms with Gasteiger partial charge in [-0.1, -0.05) is 18.3 Å². The molecule has 5 nitrogen and oxygen atoms in total. The van der Waals surface area contributed by atoms with Gasteiger partial charge in [0.15, 0.2) is 0 Å². The van der Waals surface area contributed by atoms with Gasteiger partial charge < -0.3 is 10.0 Å². The number of anilines is 1. The molecule has 1 aliphatic rings. The topological polar surface area (TPSA) is 53.7 Å². The second-order valence-electron chi connectivity index (χ2n) is 4.76. The molecule has 0 radical (unpaired) electrons. The van der Waals surface area contributed by atoms with E-state index in [4.69, 9.17) is 0 Å². The number of imidazole rings is 1. The van der Waals surface area contributed by atoms with E-state index in [0.717, 1.165) is 28.8 Å². The third-order valence-corrected chi connectivity index (χ3v) is 4.42. The minimum absolute atomic E-state index is 0.249. The van der Waals surface area contributed by atoms with Gasteiger partial charge in [0, 0.05) is 13.1 Å². The van der Waals surface area contributed by atoms with Crippen LogP contribution in [0.5, 0.6) is 0 Å². The predicted molar refractivity (Wildman–Crippen MR) is 67.6 cm³/mol. The lowest BCUT2D eigenvalue weighted by Crippen LogP contribution is -2.42. The number of aromatic nitrogens is 3. The molecule has 0 bridgehead atoms. The van der Waals surface area contributed by atoms with E-state index in [1.807, 2.05) is 17.6 Å². The van der Waals surface area contributed by atoms with Crippen molar-refractivity contribution in [3.8, 4) is 0 Å². The number of nitrogens with zero attached hydrogens (tertiary/aromatic N) is 4. The van der Waals surface area contributed by atoms with Crippen LogP contribution in [0.4, 0.5) is 5.13 Å². The Balaban J connectivity index is 1.88. The first-order valence-corrected chi connectivity index (χ1v) is 6.71. The number of aryl methyl sites for hydroxylation is 1. The van der Waals surface area contributed by atoms with E-state index < -0.39 is 0 Å².